The molecule has 1 fully saturated rings. The second-order valence-electron chi connectivity index (χ2n) is 10.9. The molecule has 0 bridgehead atoms. The lowest BCUT2D eigenvalue weighted by Crippen LogP contribution is -2.30. The number of hydrogen-bond donors (Lipinski definition) is 1. The molecule has 1 aliphatic heterocycles. The number of nitrogens with zero attached hydrogens (tertiary/aromatic N) is 2. The van der Waals surface area contributed by atoms with Crippen molar-refractivity contribution < 1.29 is 19.6 Å². The zero-order valence-electron chi connectivity index (χ0n) is 24.2. The molecule has 1 atom stereocenters. The fourth-order valence-corrected chi connectivity index (χ4v) is 5.60. The van der Waals surface area contributed by atoms with Crippen LogP contribution in [0.2, 0.25) is 5.02 Å². The number of amides is 1. The van der Waals surface area contributed by atoms with Gasteiger partial charge in [-0.15, -0.1) is 0 Å². The van der Waals surface area contributed by atoms with Crippen molar-refractivity contribution in [3.8, 4) is 0 Å². The van der Waals surface area contributed by atoms with Gasteiger partial charge in [-0.2, -0.15) is 0 Å². The molecule has 3 rings (SSSR count). The Morgan fingerprint density at radius 2 is 1.29 bits per heavy atom. The van der Waals surface area contributed by atoms with Crippen LogP contribution in [0.1, 0.15) is 114 Å². The van der Waals surface area contributed by atoms with E-state index in [1.165, 1.54) is 81.2 Å². The monoisotopic (exact) mass is 582 g/mol. The van der Waals surface area contributed by atoms with Gasteiger partial charge >= 0.3 is 0 Å². The van der Waals surface area contributed by atoms with Gasteiger partial charge in [0.25, 0.3) is 17.4 Å². The summed E-state index contributed by atoms with van der Waals surface area (Å²) in [6.07, 6.45) is 17.0. The summed E-state index contributed by atoms with van der Waals surface area (Å²) in [5, 5.41) is 22.8. The molecule has 7 nitrogen and oxygen atoms in total. The van der Waals surface area contributed by atoms with Crippen molar-refractivity contribution in [3.63, 3.8) is 0 Å². The Balaban J connectivity index is 1.58. The molecule has 2 aromatic carbocycles. The van der Waals surface area contributed by atoms with E-state index in [1.54, 1.807) is 36.4 Å². The van der Waals surface area contributed by atoms with Crippen LogP contribution in [0, 0.1) is 10.1 Å². The third-order valence-corrected chi connectivity index (χ3v) is 8.08. The van der Waals surface area contributed by atoms with Crippen molar-refractivity contribution in [1.82, 2.24) is 4.90 Å². The first-order chi connectivity index (χ1) is 19.8. The number of unbranched alkanes of at least 4 members (excludes halogenated alkanes) is 13. The van der Waals surface area contributed by atoms with Gasteiger partial charge in [-0.3, -0.25) is 19.7 Å². The molecule has 222 valence electrons. The predicted octanol–water partition coefficient (Wildman–Crippen LogP) is 9.15. The minimum Gasteiger partial charge on any atom is -0.507 e. The van der Waals surface area contributed by atoms with E-state index in [4.69, 9.17) is 11.6 Å². The molecule has 1 N–H and O–H groups in total. The molecule has 0 radical (unpaired) electrons. The first-order valence-electron chi connectivity index (χ1n) is 15.1. The number of Topliss-reactive ketones (excluding diaryl/α,β-unsaturated/α-hetero) is 1. The number of carbonyl (C=O) groups excluding carboxylic acids is 2. The van der Waals surface area contributed by atoms with Crippen molar-refractivity contribution in [2.24, 2.45) is 0 Å². The van der Waals surface area contributed by atoms with Gasteiger partial charge in [0, 0.05) is 29.3 Å². The van der Waals surface area contributed by atoms with E-state index in [2.05, 4.69) is 6.92 Å². The van der Waals surface area contributed by atoms with E-state index < -0.39 is 22.7 Å². The zero-order valence-corrected chi connectivity index (χ0v) is 24.9. The number of aliphatic hydroxyl groups is 1. The molecule has 0 aliphatic carbocycles. The molecular formula is C33H43ClN2O5. The number of hydrogen-bond acceptors (Lipinski definition) is 5. The zero-order chi connectivity index (χ0) is 29.6. The maximum Gasteiger partial charge on any atom is 0.295 e. The number of halogens is 1. The molecule has 0 saturated carbocycles. The number of carbonyl (C=O) groups is 2. The Morgan fingerprint density at radius 3 is 1.78 bits per heavy atom. The van der Waals surface area contributed by atoms with Gasteiger partial charge in [0.05, 0.1) is 16.5 Å². The molecule has 41 heavy (non-hydrogen) atoms. The van der Waals surface area contributed by atoms with E-state index in [9.17, 15) is 24.8 Å². The van der Waals surface area contributed by atoms with E-state index in [1.807, 2.05) is 0 Å². The van der Waals surface area contributed by atoms with Crippen LogP contribution in [0.25, 0.3) is 5.76 Å². The van der Waals surface area contributed by atoms with Crippen molar-refractivity contribution in [3.05, 3.63) is 80.4 Å². The lowest BCUT2D eigenvalue weighted by atomic mass is 9.95. The first-order valence-corrected chi connectivity index (χ1v) is 15.5. The first kappa shape index (κ1) is 32.3. The van der Waals surface area contributed by atoms with Gasteiger partial charge in [0.1, 0.15) is 5.76 Å². The summed E-state index contributed by atoms with van der Waals surface area (Å²) in [7, 11) is 0. The number of nitro groups is 1. The van der Waals surface area contributed by atoms with Crippen LogP contribution in [0.4, 0.5) is 5.69 Å². The van der Waals surface area contributed by atoms with E-state index in [0.717, 1.165) is 25.7 Å². The minimum absolute atomic E-state index is 0.0171. The second kappa shape index (κ2) is 16.9. The normalized spacial score (nSPS) is 16.4. The maximum atomic E-state index is 13.2. The molecule has 8 heteroatoms. The van der Waals surface area contributed by atoms with Crippen molar-refractivity contribution >= 4 is 34.7 Å². The van der Waals surface area contributed by atoms with Gasteiger partial charge in [-0.05, 0) is 48.4 Å². The molecule has 0 spiro atoms. The molecule has 2 aromatic rings. The molecule has 0 aromatic heterocycles. The Morgan fingerprint density at radius 1 is 0.805 bits per heavy atom. The predicted molar refractivity (Wildman–Crippen MR) is 164 cm³/mol. The van der Waals surface area contributed by atoms with Crippen LogP contribution < -0.4 is 0 Å². The number of aliphatic hydroxyl groups excluding tert-OH is 1. The van der Waals surface area contributed by atoms with E-state index in [0.29, 0.717) is 22.7 Å². The average molecular weight is 583 g/mol. The van der Waals surface area contributed by atoms with Crippen LogP contribution >= 0.6 is 11.6 Å². The maximum absolute atomic E-state index is 13.2. The molecular weight excluding hydrogens is 540 g/mol. The summed E-state index contributed by atoms with van der Waals surface area (Å²) < 4.78 is 0. The lowest BCUT2D eigenvalue weighted by molar-refractivity contribution is -0.384. The lowest BCUT2D eigenvalue weighted by Gasteiger charge is -2.25. The number of rotatable bonds is 18. The largest absolute Gasteiger partial charge is 0.507 e. The third-order valence-electron chi connectivity index (χ3n) is 7.83. The number of ketones is 1. The smallest absolute Gasteiger partial charge is 0.295 e. The Bertz CT molecular complexity index is 1180. The van der Waals surface area contributed by atoms with Crippen LogP contribution in [0.15, 0.2) is 54.1 Å². The van der Waals surface area contributed by atoms with Gasteiger partial charge in [0.2, 0.25) is 0 Å². The number of non-ortho nitro benzene ring substituents is 1. The minimum atomic E-state index is -0.826. The summed E-state index contributed by atoms with van der Waals surface area (Å²) in [6, 6.07) is 11.3. The topological polar surface area (TPSA) is 101 Å². The van der Waals surface area contributed by atoms with Crippen molar-refractivity contribution in [2.45, 2.75) is 103 Å². The number of nitro benzene ring substituents is 1. The van der Waals surface area contributed by atoms with E-state index in [-0.39, 0.29) is 17.0 Å². The molecule has 0 unspecified atom stereocenters. The molecule has 1 heterocycles. The summed E-state index contributed by atoms with van der Waals surface area (Å²) in [5.41, 5.74) is 0.804. The number of benzene rings is 2. The van der Waals surface area contributed by atoms with Gasteiger partial charge in [0.15, 0.2) is 0 Å². The summed E-state index contributed by atoms with van der Waals surface area (Å²) in [5.74, 6) is -1.71. The Hall–Kier alpha value is -3.19. The molecule has 1 saturated heterocycles. The van der Waals surface area contributed by atoms with Crippen LogP contribution in [0.5, 0.6) is 0 Å². The van der Waals surface area contributed by atoms with Gasteiger partial charge < -0.3 is 10.0 Å². The van der Waals surface area contributed by atoms with Crippen LogP contribution in [-0.4, -0.2) is 33.2 Å². The number of likely N-dealkylation sites (tertiary alicyclic amines) is 1. The fourth-order valence-electron chi connectivity index (χ4n) is 5.48. The SMILES string of the molecule is CCCCCCCCCCCCCCCCN1C(=O)C(=O)/C(=C(/O)c2ccc(Cl)cc2)[C@H]1c1ccc([N+](=O)[O-])cc1. The standard InChI is InChI=1S/C33H43ClN2O5/c1-2-3-4-5-6-7-8-9-10-11-12-13-14-15-24-35-30(25-18-22-28(23-19-25)36(40)41)29(32(38)33(35)39)31(37)26-16-20-27(34)21-17-26/h16-23,30,37H,2-15,24H2,1H3/b31-29+/t30-/m1/s1. The molecule has 1 aliphatic rings. The highest BCUT2D eigenvalue weighted by atomic mass is 35.5. The Labute approximate surface area is 248 Å². The van der Waals surface area contributed by atoms with E-state index >= 15 is 0 Å². The van der Waals surface area contributed by atoms with Crippen molar-refractivity contribution in [1.29, 1.82) is 0 Å². The fraction of sp³-hybridized carbons (Fsp3) is 0.515. The quantitative estimate of drug-likeness (QED) is 0.0471. The van der Waals surface area contributed by atoms with Crippen molar-refractivity contribution in [2.75, 3.05) is 6.54 Å². The highest BCUT2D eigenvalue weighted by Crippen LogP contribution is 2.40. The summed E-state index contributed by atoms with van der Waals surface area (Å²) in [6.45, 7) is 2.61. The average Bonchev–Trinajstić information content (AvgIpc) is 3.22. The second-order valence-corrected chi connectivity index (χ2v) is 11.4. The summed E-state index contributed by atoms with van der Waals surface area (Å²) >= 11 is 5.98. The highest BCUT2D eigenvalue weighted by Gasteiger charge is 2.45. The third kappa shape index (κ3) is 9.42. The highest BCUT2D eigenvalue weighted by molar-refractivity contribution is 6.46. The Kier molecular flexibility index (Phi) is 13.3. The van der Waals surface area contributed by atoms with Crippen LogP contribution in [-0.2, 0) is 9.59 Å². The van der Waals surface area contributed by atoms with Crippen LogP contribution in [0.3, 0.4) is 0 Å². The van der Waals surface area contributed by atoms with Gasteiger partial charge in [-0.1, -0.05) is 102 Å². The molecule has 1 amide bonds. The summed E-state index contributed by atoms with van der Waals surface area (Å²) in [4.78, 5) is 38.5. The van der Waals surface area contributed by atoms with Gasteiger partial charge in [-0.25, -0.2) is 0 Å².